The number of amides is 2. The Hall–Kier alpha value is -4.14. The van der Waals surface area contributed by atoms with Crippen molar-refractivity contribution in [2.24, 2.45) is 0 Å². The number of hydrogen-bond acceptors (Lipinski definition) is 4. The van der Waals surface area contributed by atoms with Crippen LogP contribution in [0.2, 0.25) is 5.02 Å². The van der Waals surface area contributed by atoms with Gasteiger partial charge in [-0.15, -0.1) is 0 Å². The Kier molecular flexibility index (Phi) is 11.4. The molecule has 2 amide bonds. The summed E-state index contributed by atoms with van der Waals surface area (Å²) in [6.45, 7) is 2.13. The fourth-order valence-electron chi connectivity index (χ4n) is 4.70. The first-order valence-electron chi connectivity index (χ1n) is 14.3. The van der Waals surface area contributed by atoms with Crippen molar-refractivity contribution < 1.29 is 18.0 Å². The van der Waals surface area contributed by atoms with E-state index < -0.39 is 28.5 Å². The van der Waals surface area contributed by atoms with Gasteiger partial charge in [-0.3, -0.25) is 13.9 Å². The van der Waals surface area contributed by atoms with Crippen LogP contribution in [-0.4, -0.2) is 44.3 Å². The molecule has 0 saturated heterocycles. The largest absolute Gasteiger partial charge is 0.354 e. The lowest BCUT2D eigenvalue weighted by Crippen LogP contribution is -2.53. The van der Waals surface area contributed by atoms with Crippen molar-refractivity contribution in [2.75, 3.05) is 17.4 Å². The quantitative estimate of drug-likeness (QED) is 0.174. The molecule has 0 bridgehead atoms. The third kappa shape index (κ3) is 8.69. The van der Waals surface area contributed by atoms with Crippen molar-refractivity contribution in [3.05, 3.63) is 131 Å². The lowest BCUT2D eigenvalue weighted by Gasteiger charge is -2.34. The summed E-state index contributed by atoms with van der Waals surface area (Å²) in [4.78, 5) is 29.6. The second-order valence-electron chi connectivity index (χ2n) is 10.2. The van der Waals surface area contributed by atoms with Crippen molar-refractivity contribution in [1.29, 1.82) is 0 Å². The van der Waals surface area contributed by atoms with Crippen molar-refractivity contribution in [2.45, 2.75) is 43.7 Å². The summed E-state index contributed by atoms with van der Waals surface area (Å²) in [5, 5.41) is 3.43. The summed E-state index contributed by atoms with van der Waals surface area (Å²) in [5.41, 5.74) is 1.99. The molecule has 4 aromatic rings. The third-order valence-corrected chi connectivity index (χ3v) is 9.06. The van der Waals surface area contributed by atoms with Crippen LogP contribution in [0.15, 0.2) is 120 Å². The van der Waals surface area contributed by atoms with Crippen LogP contribution in [-0.2, 0) is 32.6 Å². The number of unbranched alkanes of at least 4 members (excludes halogenated alkanes) is 1. The second-order valence-corrected chi connectivity index (χ2v) is 12.5. The van der Waals surface area contributed by atoms with Crippen molar-refractivity contribution >= 4 is 39.1 Å². The van der Waals surface area contributed by atoms with Crippen molar-refractivity contribution in [3.8, 4) is 0 Å². The van der Waals surface area contributed by atoms with E-state index in [1.54, 1.807) is 42.5 Å². The van der Waals surface area contributed by atoms with Crippen LogP contribution in [0, 0.1) is 0 Å². The Morgan fingerprint density at radius 3 is 1.93 bits per heavy atom. The van der Waals surface area contributed by atoms with E-state index in [0.717, 1.165) is 28.3 Å². The van der Waals surface area contributed by atoms with E-state index in [1.807, 2.05) is 67.6 Å². The van der Waals surface area contributed by atoms with Crippen LogP contribution in [0.4, 0.5) is 5.69 Å². The maximum atomic E-state index is 14.4. The number of carbonyl (C=O) groups excluding carboxylic acids is 2. The number of nitrogens with zero attached hydrogens (tertiary/aromatic N) is 2. The highest BCUT2D eigenvalue weighted by Crippen LogP contribution is 2.26. The zero-order chi connectivity index (χ0) is 30.7. The van der Waals surface area contributed by atoms with E-state index in [9.17, 15) is 18.0 Å². The lowest BCUT2D eigenvalue weighted by molar-refractivity contribution is -0.140. The molecule has 0 saturated carbocycles. The summed E-state index contributed by atoms with van der Waals surface area (Å²) in [5.74, 6) is -0.796. The Labute approximate surface area is 259 Å². The summed E-state index contributed by atoms with van der Waals surface area (Å²) in [6, 6.07) is 32.3. The van der Waals surface area contributed by atoms with Gasteiger partial charge >= 0.3 is 0 Å². The molecule has 0 aromatic heterocycles. The minimum atomic E-state index is -4.15. The van der Waals surface area contributed by atoms with Gasteiger partial charge < -0.3 is 10.2 Å². The summed E-state index contributed by atoms with van der Waals surface area (Å²) in [7, 11) is -4.15. The van der Waals surface area contributed by atoms with E-state index in [1.165, 1.54) is 17.0 Å². The van der Waals surface area contributed by atoms with E-state index >= 15 is 0 Å². The molecular weight excluding hydrogens is 582 g/mol. The normalized spacial score (nSPS) is 11.9. The zero-order valence-corrected chi connectivity index (χ0v) is 25.7. The number of sulfonamides is 1. The zero-order valence-electron chi connectivity index (χ0n) is 24.1. The van der Waals surface area contributed by atoms with Gasteiger partial charge in [0, 0.05) is 24.5 Å². The maximum Gasteiger partial charge on any atom is 0.264 e. The molecule has 0 spiro atoms. The second kappa shape index (κ2) is 15.4. The predicted octanol–water partition coefficient (Wildman–Crippen LogP) is 6.09. The third-order valence-electron chi connectivity index (χ3n) is 7.02. The summed E-state index contributed by atoms with van der Waals surface area (Å²) in [6.07, 6.45) is 1.98. The topological polar surface area (TPSA) is 86.8 Å². The van der Waals surface area contributed by atoms with Gasteiger partial charge in [-0.25, -0.2) is 8.42 Å². The molecule has 1 unspecified atom stereocenters. The minimum absolute atomic E-state index is 0.0468. The first-order chi connectivity index (χ1) is 20.8. The van der Waals surface area contributed by atoms with E-state index in [0.29, 0.717) is 11.6 Å². The molecule has 0 aliphatic heterocycles. The van der Waals surface area contributed by atoms with Crippen LogP contribution in [0.3, 0.4) is 0 Å². The molecule has 43 heavy (non-hydrogen) atoms. The van der Waals surface area contributed by atoms with Crippen molar-refractivity contribution in [1.82, 2.24) is 10.2 Å². The predicted molar refractivity (Wildman–Crippen MR) is 171 cm³/mol. The van der Waals surface area contributed by atoms with E-state index in [-0.39, 0.29) is 29.5 Å². The highest BCUT2D eigenvalue weighted by atomic mass is 35.5. The molecule has 9 heteroatoms. The number of rotatable bonds is 14. The Morgan fingerprint density at radius 1 is 0.791 bits per heavy atom. The molecule has 0 radical (unpaired) electrons. The van der Waals surface area contributed by atoms with Gasteiger partial charge in [0.15, 0.2) is 0 Å². The highest BCUT2D eigenvalue weighted by molar-refractivity contribution is 7.92. The van der Waals surface area contributed by atoms with Crippen molar-refractivity contribution in [3.63, 3.8) is 0 Å². The van der Waals surface area contributed by atoms with E-state index in [4.69, 9.17) is 11.6 Å². The average Bonchev–Trinajstić information content (AvgIpc) is 3.03. The van der Waals surface area contributed by atoms with Gasteiger partial charge in [-0.1, -0.05) is 104 Å². The van der Waals surface area contributed by atoms with Crippen LogP contribution in [0.1, 0.15) is 30.9 Å². The number of nitrogens with one attached hydrogen (secondary N) is 1. The first kappa shape index (κ1) is 31.8. The molecule has 0 heterocycles. The average molecular weight is 618 g/mol. The smallest absolute Gasteiger partial charge is 0.264 e. The van der Waals surface area contributed by atoms with Crippen LogP contribution >= 0.6 is 11.6 Å². The Balaban J connectivity index is 1.76. The van der Waals surface area contributed by atoms with Crippen LogP contribution < -0.4 is 9.62 Å². The number of hydrogen-bond donors (Lipinski definition) is 1. The molecule has 7 nitrogen and oxygen atoms in total. The maximum absolute atomic E-state index is 14.4. The number of benzene rings is 4. The number of halogens is 1. The van der Waals surface area contributed by atoms with Crippen LogP contribution in [0.5, 0.6) is 0 Å². The SMILES string of the molecule is CCCCNC(=O)C(Cc1ccccc1)N(Cc1ccccc1)C(=O)CN(c1ccc(Cl)cc1)S(=O)(=O)c1ccccc1. The molecule has 4 rings (SSSR count). The molecule has 0 fully saturated rings. The number of carbonyl (C=O) groups is 2. The number of anilines is 1. The fraction of sp³-hybridized carbons (Fsp3) is 0.235. The highest BCUT2D eigenvalue weighted by Gasteiger charge is 2.34. The summed E-state index contributed by atoms with van der Waals surface area (Å²) < 4.78 is 29.0. The van der Waals surface area contributed by atoms with Gasteiger partial charge in [0.25, 0.3) is 10.0 Å². The molecule has 224 valence electrons. The molecule has 1 atom stereocenters. The molecule has 1 N–H and O–H groups in total. The molecule has 4 aromatic carbocycles. The van der Waals surface area contributed by atoms with Gasteiger partial charge in [0.1, 0.15) is 12.6 Å². The molecular formula is C34H36ClN3O4S. The van der Waals surface area contributed by atoms with E-state index in [2.05, 4.69) is 5.32 Å². The standard InChI is InChI=1S/C34H36ClN3O4S/c1-2-3-23-36-34(40)32(24-27-13-7-4-8-14-27)37(25-28-15-9-5-10-16-28)33(39)26-38(30-21-19-29(35)20-22-30)43(41,42)31-17-11-6-12-18-31/h4-22,32H,2-3,23-26H2,1H3,(H,36,40). The lowest BCUT2D eigenvalue weighted by atomic mass is 10.0. The fourth-order valence-corrected chi connectivity index (χ4v) is 6.26. The molecule has 0 aliphatic rings. The van der Waals surface area contributed by atoms with Gasteiger partial charge in [-0.2, -0.15) is 0 Å². The minimum Gasteiger partial charge on any atom is -0.354 e. The van der Waals surface area contributed by atoms with Gasteiger partial charge in [0.05, 0.1) is 10.6 Å². The van der Waals surface area contributed by atoms with Gasteiger partial charge in [0.2, 0.25) is 11.8 Å². The summed E-state index contributed by atoms with van der Waals surface area (Å²) >= 11 is 6.11. The first-order valence-corrected chi connectivity index (χ1v) is 16.1. The van der Waals surface area contributed by atoms with Crippen LogP contribution in [0.25, 0.3) is 0 Å². The monoisotopic (exact) mass is 617 g/mol. The van der Waals surface area contributed by atoms with Gasteiger partial charge in [-0.05, 0) is 53.9 Å². The Bertz CT molecular complexity index is 1570. The molecule has 0 aliphatic carbocycles. The Morgan fingerprint density at radius 2 is 1.35 bits per heavy atom.